The molecule has 0 saturated carbocycles. The van der Waals surface area contributed by atoms with Crippen LogP contribution in [0.25, 0.3) is 10.9 Å². The normalized spacial score (nSPS) is 10.6. The van der Waals surface area contributed by atoms with E-state index in [0.29, 0.717) is 28.5 Å². The second-order valence-electron chi connectivity index (χ2n) is 5.54. The number of hydrogen-bond donors (Lipinski definition) is 1. The van der Waals surface area contributed by atoms with Gasteiger partial charge < -0.3 is 24.1 Å². The van der Waals surface area contributed by atoms with Crippen LogP contribution in [-0.4, -0.2) is 31.8 Å². The molecule has 3 aromatic rings. The van der Waals surface area contributed by atoms with Crippen molar-refractivity contribution in [1.29, 1.82) is 0 Å². The number of rotatable bonds is 5. The van der Waals surface area contributed by atoms with Crippen LogP contribution in [0.1, 0.15) is 10.4 Å². The third-order valence-electron chi connectivity index (χ3n) is 4.06. The van der Waals surface area contributed by atoms with E-state index in [2.05, 4.69) is 5.32 Å². The van der Waals surface area contributed by atoms with Gasteiger partial charge in [0.25, 0.3) is 5.91 Å². The summed E-state index contributed by atoms with van der Waals surface area (Å²) in [6, 6.07) is 11.2. The Hall–Kier alpha value is -3.15. The first-order valence-corrected chi connectivity index (χ1v) is 7.74. The third-order valence-corrected chi connectivity index (χ3v) is 4.06. The summed E-state index contributed by atoms with van der Waals surface area (Å²) in [5, 5.41) is 3.79. The smallest absolute Gasteiger partial charge is 0.257 e. The summed E-state index contributed by atoms with van der Waals surface area (Å²) in [6.45, 7) is 0. The van der Waals surface area contributed by atoms with Crippen molar-refractivity contribution in [3.8, 4) is 17.2 Å². The molecule has 1 N–H and O–H groups in total. The fourth-order valence-corrected chi connectivity index (χ4v) is 2.87. The molecule has 0 aliphatic rings. The number of anilines is 1. The van der Waals surface area contributed by atoms with Crippen molar-refractivity contribution in [2.24, 2.45) is 7.05 Å². The van der Waals surface area contributed by atoms with Gasteiger partial charge >= 0.3 is 0 Å². The highest BCUT2D eigenvalue weighted by molar-refractivity contribution is 6.13. The number of fused-ring (bicyclic) bond motifs is 1. The van der Waals surface area contributed by atoms with Crippen molar-refractivity contribution in [2.45, 2.75) is 0 Å². The molecule has 2 aromatic carbocycles. The highest BCUT2D eigenvalue weighted by atomic mass is 16.5. The van der Waals surface area contributed by atoms with E-state index in [1.165, 1.54) is 21.3 Å². The summed E-state index contributed by atoms with van der Waals surface area (Å²) in [6.07, 6.45) is 1.82. The number of benzene rings is 2. The second-order valence-corrected chi connectivity index (χ2v) is 5.54. The van der Waals surface area contributed by atoms with E-state index in [-0.39, 0.29) is 5.91 Å². The van der Waals surface area contributed by atoms with Gasteiger partial charge in [-0.15, -0.1) is 0 Å². The summed E-state index contributed by atoms with van der Waals surface area (Å²) in [7, 11) is 6.52. The average Bonchev–Trinajstić information content (AvgIpc) is 2.98. The molecule has 0 bridgehead atoms. The molecular weight excluding hydrogens is 320 g/mol. The number of methoxy groups -OCH3 is 3. The molecule has 130 valence electrons. The lowest BCUT2D eigenvalue weighted by Gasteiger charge is -2.14. The number of carbonyl (C=O) groups excluding carboxylic acids is 1. The molecule has 1 heterocycles. The van der Waals surface area contributed by atoms with E-state index in [4.69, 9.17) is 14.2 Å². The van der Waals surface area contributed by atoms with Gasteiger partial charge in [-0.1, -0.05) is 18.2 Å². The van der Waals surface area contributed by atoms with Gasteiger partial charge in [-0.3, -0.25) is 4.79 Å². The standard InChI is InChI=1S/C19H20N2O4/c1-21-11-14(13-7-5-6-8-15(13)21)19(22)20-12-9-16(23-2)18(25-4)17(10-12)24-3/h5-11H,1-4H3,(H,20,22). The van der Waals surface area contributed by atoms with Gasteiger partial charge in [-0.05, 0) is 6.07 Å². The maximum atomic E-state index is 12.8. The molecule has 0 aliphatic carbocycles. The Kier molecular flexibility index (Phi) is 4.52. The van der Waals surface area contributed by atoms with Crippen molar-refractivity contribution in [1.82, 2.24) is 4.57 Å². The van der Waals surface area contributed by atoms with Crippen molar-refractivity contribution >= 4 is 22.5 Å². The van der Waals surface area contributed by atoms with Crippen molar-refractivity contribution < 1.29 is 19.0 Å². The Balaban J connectivity index is 1.97. The number of ether oxygens (including phenoxy) is 3. The summed E-state index contributed by atoms with van der Waals surface area (Å²) >= 11 is 0. The molecule has 0 spiro atoms. The highest BCUT2D eigenvalue weighted by Crippen LogP contribution is 2.40. The van der Waals surface area contributed by atoms with Crippen molar-refractivity contribution in [3.05, 3.63) is 48.2 Å². The van der Waals surface area contributed by atoms with Crippen LogP contribution in [0.4, 0.5) is 5.69 Å². The highest BCUT2D eigenvalue weighted by Gasteiger charge is 2.17. The number of para-hydroxylation sites is 1. The Labute approximate surface area is 145 Å². The number of carbonyl (C=O) groups is 1. The van der Waals surface area contributed by atoms with Crippen LogP contribution in [-0.2, 0) is 7.05 Å². The molecule has 0 saturated heterocycles. The summed E-state index contributed by atoms with van der Waals surface area (Å²) in [5.74, 6) is 1.24. The van der Waals surface area contributed by atoms with Crippen molar-refractivity contribution in [2.75, 3.05) is 26.6 Å². The zero-order valence-corrected chi connectivity index (χ0v) is 14.6. The first-order valence-electron chi connectivity index (χ1n) is 7.74. The fourth-order valence-electron chi connectivity index (χ4n) is 2.87. The minimum Gasteiger partial charge on any atom is -0.493 e. The minimum atomic E-state index is -0.203. The number of aryl methyl sites for hydroxylation is 1. The van der Waals surface area contributed by atoms with E-state index < -0.39 is 0 Å². The lowest BCUT2D eigenvalue weighted by atomic mass is 10.1. The number of hydrogen-bond acceptors (Lipinski definition) is 4. The predicted octanol–water partition coefficient (Wildman–Crippen LogP) is 3.46. The largest absolute Gasteiger partial charge is 0.493 e. The molecule has 0 radical (unpaired) electrons. The SMILES string of the molecule is COc1cc(NC(=O)c2cn(C)c3ccccc23)cc(OC)c1OC. The Morgan fingerprint density at radius 1 is 1.00 bits per heavy atom. The van der Waals surface area contributed by atoms with Gasteiger partial charge in [0.1, 0.15) is 0 Å². The van der Waals surface area contributed by atoms with Gasteiger partial charge in [-0.25, -0.2) is 0 Å². The Morgan fingerprint density at radius 2 is 1.64 bits per heavy atom. The van der Waals surface area contributed by atoms with Crippen LogP contribution in [0.15, 0.2) is 42.6 Å². The molecule has 1 aromatic heterocycles. The number of nitrogens with zero attached hydrogens (tertiary/aromatic N) is 1. The van der Waals surface area contributed by atoms with Crippen molar-refractivity contribution in [3.63, 3.8) is 0 Å². The number of aromatic nitrogens is 1. The van der Waals surface area contributed by atoms with Crippen LogP contribution < -0.4 is 19.5 Å². The topological polar surface area (TPSA) is 61.7 Å². The fraction of sp³-hybridized carbons (Fsp3) is 0.211. The van der Waals surface area contributed by atoms with Gasteiger partial charge in [0.2, 0.25) is 5.75 Å². The van der Waals surface area contributed by atoms with Crippen LogP contribution in [0.5, 0.6) is 17.2 Å². The van der Waals surface area contributed by atoms with Crippen LogP contribution in [0.2, 0.25) is 0 Å². The second kappa shape index (κ2) is 6.76. The monoisotopic (exact) mass is 340 g/mol. The Bertz CT molecular complexity index is 905. The zero-order valence-electron chi connectivity index (χ0n) is 14.6. The minimum absolute atomic E-state index is 0.203. The quantitative estimate of drug-likeness (QED) is 0.773. The lowest BCUT2D eigenvalue weighted by Crippen LogP contribution is -2.12. The molecule has 6 nitrogen and oxygen atoms in total. The van der Waals surface area contributed by atoms with E-state index >= 15 is 0 Å². The average molecular weight is 340 g/mol. The maximum Gasteiger partial charge on any atom is 0.257 e. The Morgan fingerprint density at radius 3 is 2.24 bits per heavy atom. The molecule has 0 fully saturated rings. The lowest BCUT2D eigenvalue weighted by molar-refractivity contribution is 0.102. The third kappa shape index (κ3) is 2.98. The van der Waals surface area contributed by atoms with Crippen LogP contribution in [0.3, 0.4) is 0 Å². The molecule has 0 aliphatic heterocycles. The van der Waals surface area contributed by atoms with Gasteiger partial charge in [-0.2, -0.15) is 0 Å². The van der Waals surface area contributed by atoms with E-state index in [9.17, 15) is 4.79 Å². The van der Waals surface area contributed by atoms with E-state index in [1.807, 2.05) is 42.1 Å². The van der Waals surface area contributed by atoms with Crippen LogP contribution in [0, 0.1) is 0 Å². The molecule has 3 rings (SSSR count). The molecule has 6 heteroatoms. The van der Waals surface area contributed by atoms with E-state index in [1.54, 1.807) is 12.1 Å². The predicted molar refractivity (Wildman–Crippen MR) is 97.0 cm³/mol. The maximum absolute atomic E-state index is 12.8. The number of nitrogens with one attached hydrogen (secondary N) is 1. The first-order chi connectivity index (χ1) is 12.1. The van der Waals surface area contributed by atoms with Crippen LogP contribution >= 0.6 is 0 Å². The number of amides is 1. The summed E-state index contributed by atoms with van der Waals surface area (Å²) in [4.78, 5) is 12.8. The van der Waals surface area contributed by atoms with Gasteiger partial charge in [0.15, 0.2) is 11.5 Å². The summed E-state index contributed by atoms with van der Waals surface area (Å²) < 4.78 is 17.9. The first kappa shape index (κ1) is 16.7. The molecule has 1 amide bonds. The molecular formula is C19H20N2O4. The van der Waals surface area contributed by atoms with Gasteiger partial charge in [0, 0.05) is 42.0 Å². The molecule has 0 atom stereocenters. The summed E-state index contributed by atoms with van der Waals surface area (Å²) in [5.41, 5.74) is 2.16. The zero-order chi connectivity index (χ0) is 18.0. The molecule has 0 unspecified atom stereocenters. The molecule has 25 heavy (non-hydrogen) atoms. The van der Waals surface area contributed by atoms with E-state index in [0.717, 1.165) is 10.9 Å². The van der Waals surface area contributed by atoms with Gasteiger partial charge in [0.05, 0.1) is 26.9 Å².